The molecular formula is C14H13ClO3. The van der Waals surface area contributed by atoms with E-state index in [2.05, 4.69) is 0 Å². The third kappa shape index (κ3) is 2.87. The first-order valence-corrected chi connectivity index (χ1v) is 6.01. The molecule has 0 spiro atoms. The summed E-state index contributed by atoms with van der Waals surface area (Å²) in [6, 6.07) is 12.4. The second-order valence-electron chi connectivity index (χ2n) is 3.86. The molecule has 0 aliphatic rings. The molecule has 0 bridgehead atoms. The van der Waals surface area contributed by atoms with E-state index < -0.39 is 0 Å². The number of rotatable bonds is 4. The minimum absolute atomic E-state index is 0.0199. The predicted octanol–water partition coefficient (Wildman–Crippen LogP) is 3.42. The van der Waals surface area contributed by atoms with Crippen LogP contribution in [0.3, 0.4) is 0 Å². The number of alkyl halides is 1. The highest BCUT2D eigenvalue weighted by Crippen LogP contribution is 2.35. The summed E-state index contributed by atoms with van der Waals surface area (Å²) in [6.07, 6.45) is 0. The van der Waals surface area contributed by atoms with E-state index in [1.54, 1.807) is 0 Å². The quantitative estimate of drug-likeness (QED) is 0.657. The van der Waals surface area contributed by atoms with E-state index in [1.165, 1.54) is 12.1 Å². The molecule has 2 aromatic carbocycles. The fraction of sp³-hybridized carbons (Fsp3) is 0.143. The standard InChI is InChI=1S/C14H13ClO3/c15-8-11-6-12(16)7-13(14(11)17)18-9-10-4-2-1-3-5-10/h1-7,16-17H,8-9H2. The van der Waals surface area contributed by atoms with Crippen LogP contribution in [0.5, 0.6) is 17.2 Å². The lowest BCUT2D eigenvalue weighted by Gasteiger charge is -2.11. The second-order valence-corrected chi connectivity index (χ2v) is 4.13. The van der Waals surface area contributed by atoms with Crippen molar-refractivity contribution < 1.29 is 14.9 Å². The summed E-state index contributed by atoms with van der Waals surface area (Å²) in [5.41, 5.74) is 1.42. The summed E-state index contributed by atoms with van der Waals surface area (Å²) in [5.74, 6) is 0.335. The molecule has 0 saturated carbocycles. The molecule has 0 saturated heterocycles. The van der Waals surface area contributed by atoms with Gasteiger partial charge in [0.15, 0.2) is 11.5 Å². The molecule has 2 rings (SSSR count). The molecule has 0 aromatic heterocycles. The predicted molar refractivity (Wildman–Crippen MR) is 70.1 cm³/mol. The highest BCUT2D eigenvalue weighted by Gasteiger charge is 2.10. The van der Waals surface area contributed by atoms with Gasteiger partial charge in [-0.3, -0.25) is 0 Å². The van der Waals surface area contributed by atoms with Crippen LogP contribution in [0, 0.1) is 0 Å². The number of hydrogen-bond donors (Lipinski definition) is 2. The number of halogens is 1. The van der Waals surface area contributed by atoms with Crippen molar-refractivity contribution in [3.8, 4) is 17.2 Å². The molecule has 94 valence electrons. The van der Waals surface area contributed by atoms with Gasteiger partial charge < -0.3 is 14.9 Å². The lowest BCUT2D eigenvalue weighted by Crippen LogP contribution is -1.96. The van der Waals surface area contributed by atoms with Crippen molar-refractivity contribution in [1.82, 2.24) is 0 Å². The monoisotopic (exact) mass is 264 g/mol. The third-order valence-electron chi connectivity index (χ3n) is 2.52. The van der Waals surface area contributed by atoms with Gasteiger partial charge in [-0.2, -0.15) is 0 Å². The van der Waals surface area contributed by atoms with E-state index in [0.717, 1.165) is 5.56 Å². The van der Waals surface area contributed by atoms with Crippen LogP contribution in [0.2, 0.25) is 0 Å². The summed E-state index contributed by atoms with van der Waals surface area (Å²) in [6.45, 7) is 0.319. The zero-order valence-electron chi connectivity index (χ0n) is 9.64. The summed E-state index contributed by atoms with van der Waals surface area (Å²) >= 11 is 5.67. The molecule has 0 fully saturated rings. The van der Waals surface area contributed by atoms with Crippen LogP contribution in [-0.2, 0) is 12.5 Å². The van der Waals surface area contributed by atoms with E-state index in [9.17, 15) is 10.2 Å². The van der Waals surface area contributed by atoms with Crippen LogP contribution in [0.1, 0.15) is 11.1 Å². The molecule has 3 nitrogen and oxygen atoms in total. The molecule has 0 unspecified atom stereocenters. The molecule has 0 amide bonds. The Bertz CT molecular complexity index is 526. The Labute approximate surface area is 110 Å². The maximum atomic E-state index is 9.87. The van der Waals surface area contributed by atoms with Crippen molar-refractivity contribution in [2.45, 2.75) is 12.5 Å². The van der Waals surface area contributed by atoms with E-state index in [1.807, 2.05) is 30.3 Å². The summed E-state index contributed by atoms with van der Waals surface area (Å²) in [7, 11) is 0. The Hall–Kier alpha value is -1.87. The Kier molecular flexibility index (Phi) is 3.95. The van der Waals surface area contributed by atoms with Crippen molar-refractivity contribution in [3.63, 3.8) is 0 Å². The van der Waals surface area contributed by atoms with Crippen LogP contribution in [-0.4, -0.2) is 10.2 Å². The second kappa shape index (κ2) is 5.65. The molecule has 18 heavy (non-hydrogen) atoms. The lowest BCUT2D eigenvalue weighted by atomic mass is 10.2. The molecule has 2 N–H and O–H groups in total. The summed E-state index contributed by atoms with van der Waals surface area (Å²) in [5, 5.41) is 19.4. The molecule has 0 aliphatic heterocycles. The number of benzene rings is 2. The number of hydrogen-bond acceptors (Lipinski definition) is 3. The van der Waals surface area contributed by atoms with Gasteiger partial charge >= 0.3 is 0 Å². The Morgan fingerprint density at radius 2 is 1.78 bits per heavy atom. The number of aromatic hydroxyl groups is 2. The van der Waals surface area contributed by atoms with E-state index in [-0.39, 0.29) is 23.1 Å². The molecule has 0 radical (unpaired) electrons. The molecule has 0 aliphatic carbocycles. The van der Waals surface area contributed by atoms with Crippen LogP contribution >= 0.6 is 11.6 Å². The Morgan fingerprint density at radius 3 is 2.44 bits per heavy atom. The summed E-state index contributed by atoms with van der Waals surface area (Å²) in [4.78, 5) is 0. The van der Waals surface area contributed by atoms with Crippen LogP contribution in [0.25, 0.3) is 0 Å². The van der Waals surface area contributed by atoms with Gasteiger partial charge in [0.1, 0.15) is 12.4 Å². The van der Waals surface area contributed by atoms with Crippen molar-refractivity contribution >= 4 is 11.6 Å². The smallest absolute Gasteiger partial charge is 0.165 e. The zero-order valence-corrected chi connectivity index (χ0v) is 10.4. The van der Waals surface area contributed by atoms with E-state index in [0.29, 0.717) is 12.2 Å². The normalized spacial score (nSPS) is 10.3. The maximum absolute atomic E-state index is 9.87. The summed E-state index contributed by atoms with van der Waals surface area (Å²) < 4.78 is 5.48. The molecule has 2 aromatic rings. The minimum atomic E-state index is -0.0290. The van der Waals surface area contributed by atoms with Gasteiger partial charge in [0.2, 0.25) is 0 Å². The third-order valence-corrected chi connectivity index (χ3v) is 2.81. The highest BCUT2D eigenvalue weighted by atomic mass is 35.5. The average Bonchev–Trinajstić information content (AvgIpc) is 2.40. The Morgan fingerprint density at radius 1 is 1.06 bits per heavy atom. The van der Waals surface area contributed by atoms with Gasteiger partial charge in [0.25, 0.3) is 0 Å². The van der Waals surface area contributed by atoms with Crippen molar-refractivity contribution in [1.29, 1.82) is 0 Å². The number of phenolic OH excluding ortho intramolecular Hbond substituents is 2. The molecule has 0 atom stereocenters. The van der Waals surface area contributed by atoms with Gasteiger partial charge in [0, 0.05) is 11.6 Å². The fourth-order valence-electron chi connectivity index (χ4n) is 1.60. The fourth-order valence-corrected chi connectivity index (χ4v) is 1.80. The topological polar surface area (TPSA) is 49.7 Å². The minimum Gasteiger partial charge on any atom is -0.508 e. The van der Waals surface area contributed by atoms with Gasteiger partial charge in [-0.25, -0.2) is 0 Å². The lowest BCUT2D eigenvalue weighted by molar-refractivity contribution is 0.286. The average molecular weight is 265 g/mol. The van der Waals surface area contributed by atoms with Crippen LogP contribution in [0.15, 0.2) is 42.5 Å². The first-order valence-electron chi connectivity index (χ1n) is 5.48. The first kappa shape index (κ1) is 12.6. The van der Waals surface area contributed by atoms with Gasteiger partial charge in [0.05, 0.1) is 5.88 Å². The van der Waals surface area contributed by atoms with Gasteiger partial charge in [-0.05, 0) is 11.6 Å². The van der Waals surface area contributed by atoms with Crippen molar-refractivity contribution in [2.75, 3.05) is 0 Å². The van der Waals surface area contributed by atoms with Crippen molar-refractivity contribution in [3.05, 3.63) is 53.6 Å². The molecule has 4 heteroatoms. The number of ether oxygens (including phenoxy) is 1. The SMILES string of the molecule is Oc1cc(CCl)c(O)c(OCc2ccccc2)c1. The van der Waals surface area contributed by atoms with Gasteiger partial charge in [-0.1, -0.05) is 30.3 Å². The highest BCUT2D eigenvalue weighted by molar-refractivity contribution is 6.17. The van der Waals surface area contributed by atoms with E-state index in [4.69, 9.17) is 16.3 Å². The number of phenols is 2. The maximum Gasteiger partial charge on any atom is 0.165 e. The van der Waals surface area contributed by atoms with Crippen LogP contribution < -0.4 is 4.74 Å². The van der Waals surface area contributed by atoms with Gasteiger partial charge in [-0.15, -0.1) is 11.6 Å². The Balaban J connectivity index is 2.17. The first-order chi connectivity index (χ1) is 8.70. The molecular weight excluding hydrogens is 252 g/mol. The van der Waals surface area contributed by atoms with Crippen LogP contribution in [0.4, 0.5) is 0 Å². The molecule has 0 heterocycles. The van der Waals surface area contributed by atoms with Crippen molar-refractivity contribution in [2.24, 2.45) is 0 Å². The largest absolute Gasteiger partial charge is 0.508 e. The zero-order chi connectivity index (χ0) is 13.0. The van der Waals surface area contributed by atoms with E-state index >= 15 is 0 Å².